The van der Waals surface area contributed by atoms with E-state index in [1.165, 1.54) is 13.8 Å². The average Bonchev–Trinajstić information content (AvgIpc) is 3.18. The van der Waals surface area contributed by atoms with Crippen LogP contribution < -0.4 is 0 Å². The number of rotatable bonds is 4. The molecule has 1 heterocycles. The molecular weight excluding hydrogens is 272 g/mol. The quantitative estimate of drug-likeness (QED) is 0.253. The van der Waals surface area contributed by atoms with Crippen LogP contribution in [0.15, 0.2) is 23.2 Å². The first-order valence-electron chi connectivity index (χ1n) is 5.68. The van der Waals surface area contributed by atoms with E-state index in [9.17, 15) is 14.4 Å². The van der Waals surface area contributed by atoms with Crippen molar-refractivity contribution in [3.63, 3.8) is 0 Å². The topological polar surface area (TPSA) is 104 Å². The highest BCUT2D eigenvalue weighted by atomic mass is 17.4. The van der Waals surface area contributed by atoms with Crippen LogP contribution in [-0.4, -0.2) is 24.0 Å². The fourth-order valence-electron chi connectivity index (χ4n) is 0.960. The summed E-state index contributed by atoms with van der Waals surface area (Å²) in [7, 11) is 0. The third kappa shape index (κ3) is 5.01. The van der Waals surface area contributed by atoms with Gasteiger partial charge in [-0.15, -0.1) is 0 Å². The number of carbonyl (C=O) groups is 3. The molecule has 1 rings (SSSR count). The molecule has 0 spiro atoms. The first-order valence-corrected chi connectivity index (χ1v) is 5.68. The minimum atomic E-state index is -1.15. The van der Waals surface area contributed by atoms with E-state index in [2.05, 4.69) is 24.3 Å². The van der Waals surface area contributed by atoms with E-state index in [4.69, 9.17) is 0 Å². The zero-order valence-electron chi connectivity index (χ0n) is 11.4. The fraction of sp³-hybridized carbons (Fsp3) is 0.417. The van der Waals surface area contributed by atoms with Crippen LogP contribution in [0.5, 0.6) is 0 Å². The van der Waals surface area contributed by atoms with Gasteiger partial charge in [-0.1, -0.05) is 0 Å². The molecule has 110 valence electrons. The Morgan fingerprint density at radius 3 is 2.20 bits per heavy atom. The van der Waals surface area contributed by atoms with Gasteiger partial charge >= 0.3 is 18.1 Å². The Morgan fingerprint density at radius 2 is 1.70 bits per heavy atom. The Hall–Kier alpha value is -2.51. The highest BCUT2D eigenvalue weighted by Gasteiger charge is 2.26. The van der Waals surface area contributed by atoms with Crippen LogP contribution in [0.25, 0.3) is 0 Å². The van der Waals surface area contributed by atoms with Gasteiger partial charge in [0.25, 0.3) is 0 Å². The molecule has 0 N–H and O–H groups in total. The second-order valence-corrected chi connectivity index (χ2v) is 4.14. The summed E-state index contributed by atoms with van der Waals surface area (Å²) < 4.78 is 4.57. The highest BCUT2D eigenvalue weighted by molar-refractivity contribution is 6.07. The Kier molecular flexibility index (Phi) is 5.13. The molecule has 0 radical (unpaired) electrons. The lowest BCUT2D eigenvalue weighted by atomic mass is 10.1. The lowest BCUT2D eigenvalue weighted by Gasteiger charge is -2.06. The molecular formula is C12H14O8. The van der Waals surface area contributed by atoms with Crippen molar-refractivity contribution in [2.45, 2.75) is 33.8 Å². The third-order valence-electron chi connectivity index (χ3n) is 2.03. The molecule has 0 aliphatic carbocycles. The lowest BCUT2D eigenvalue weighted by Crippen LogP contribution is -2.17. The molecule has 0 atom stereocenters. The first-order chi connectivity index (χ1) is 9.31. The molecule has 0 amide bonds. The third-order valence-corrected chi connectivity index (χ3v) is 2.03. The Balaban J connectivity index is 2.48. The Labute approximate surface area is 114 Å². The van der Waals surface area contributed by atoms with Crippen LogP contribution in [0.2, 0.25) is 0 Å². The van der Waals surface area contributed by atoms with E-state index in [0.717, 1.165) is 6.08 Å². The summed E-state index contributed by atoms with van der Waals surface area (Å²) in [4.78, 5) is 51.0. The molecule has 0 aromatic heterocycles. The molecule has 8 heteroatoms. The van der Waals surface area contributed by atoms with E-state index in [-0.39, 0.29) is 17.1 Å². The van der Waals surface area contributed by atoms with Gasteiger partial charge in [-0.05, 0) is 33.8 Å². The number of ether oxygens (including phenoxy) is 1. The molecule has 1 aliphatic heterocycles. The summed E-state index contributed by atoms with van der Waals surface area (Å²) in [6, 6.07) is 0. The van der Waals surface area contributed by atoms with Crippen LogP contribution >= 0.6 is 0 Å². The van der Waals surface area contributed by atoms with E-state index in [1.54, 1.807) is 13.8 Å². The number of hydrogen-bond acceptors (Lipinski definition) is 8. The maximum atomic E-state index is 11.6. The van der Waals surface area contributed by atoms with Gasteiger partial charge in [0.1, 0.15) is 0 Å². The van der Waals surface area contributed by atoms with Crippen molar-refractivity contribution in [3.8, 4) is 0 Å². The van der Waals surface area contributed by atoms with Crippen LogP contribution in [0.1, 0.15) is 27.7 Å². The summed E-state index contributed by atoms with van der Waals surface area (Å²) in [6.45, 7) is 6.00. The highest BCUT2D eigenvalue weighted by Crippen LogP contribution is 2.23. The molecule has 0 bridgehead atoms. The standard InChI is InChI=1S/C12H14O8/c1-6(2)16-12(15)20-17-10(14)7(3)5-9(13)8(4)11-18-19-11/h5-6H,1-4H3/b7-5+. The molecule has 1 aliphatic rings. The van der Waals surface area contributed by atoms with Crippen molar-refractivity contribution < 1.29 is 38.7 Å². The van der Waals surface area contributed by atoms with Gasteiger partial charge in [0, 0.05) is 5.57 Å². The van der Waals surface area contributed by atoms with Crippen molar-refractivity contribution in [1.82, 2.24) is 0 Å². The number of hydrogen-bond donors (Lipinski definition) is 0. The molecule has 8 nitrogen and oxygen atoms in total. The van der Waals surface area contributed by atoms with E-state index in [0.29, 0.717) is 0 Å². The van der Waals surface area contributed by atoms with Crippen LogP contribution in [0.3, 0.4) is 0 Å². The van der Waals surface area contributed by atoms with Gasteiger partial charge < -0.3 is 4.74 Å². The van der Waals surface area contributed by atoms with Crippen molar-refractivity contribution in [2.75, 3.05) is 0 Å². The molecule has 20 heavy (non-hydrogen) atoms. The van der Waals surface area contributed by atoms with Gasteiger partial charge in [-0.3, -0.25) is 4.79 Å². The second-order valence-electron chi connectivity index (χ2n) is 4.14. The minimum absolute atomic E-state index is 0.0621. The van der Waals surface area contributed by atoms with Crippen molar-refractivity contribution in [3.05, 3.63) is 23.2 Å². The zero-order chi connectivity index (χ0) is 15.3. The Bertz CT molecular complexity index is 480. The van der Waals surface area contributed by atoms with Crippen LogP contribution in [0, 0.1) is 0 Å². The average molecular weight is 286 g/mol. The summed E-state index contributed by atoms with van der Waals surface area (Å²) in [6.07, 6.45) is -0.551. The summed E-state index contributed by atoms with van der Waals surface area (Å²) in [5.41, 5.74) is 0.144. The fourth-order valence-corrected chi connectivity index (χ4v) is 0.960. The predicted molar refractivity (Wildman–Crippen MR) is 62.4 cm³/mol. The summed E-state index contributed by atoms with van der Waals surface area (Å²) in [5, 5.41) is 0. The second kappa shape index (κ2) is 6.60. The number of carbonyl (C=O) groups excluding carboxylic acids is 3. The van der Waals surface area contributed by atoms with Gasteiger partial charge in [0.2, 0.25) is 0 Å². The largest absolute Gasteiger partial charge is 0.550 e. The van der Waals surface area contributed by atoms with Crippen molar-refractivity contribution in [1.29, 1.82) is 0 Å². The predicted octanol–water partition coefficient (Wildman–Crippen LogP) is 1.71. The van der Waals surface area contributed by atoms with Gasteiger partial charge in [-0.2, -0.15) is 4.79 Å². The molecule has 1 saturated heterocycles. The van der Waals surface area contributed by atoms with Crippen molar-refractivity contribution in [2.24, 2.45) is 0 Å². The Morgan fingerprint density at radius 1 is 1.10 bits per heavy atom. The molecule has 0 saturated carbocycles. The summed E-state index contributed by atoms with van der Waals surface area (Å²) in [5.74, 6) is -1.38. The number of ketones is 1. The van der Waals surface area contributed by atoms with E-state index in [1.807, 2.05) is 0 Å². The summed E-state index contributed by atoms with van der Waals surface area (Å²) >= 11 is 0. The van der Waals surface area contributed by atoms with Gasteiger partial charge in [0.05, 0.1) is 11.7 Å². The lowest BCUT2D eigenvalue weighted by molar-refractivity contribution is -0.240. The van der Waals surface area contributed by atoms with Gasteiger partial charge in [-0.25, -0.2) is 24.3 Å². The molecule has 0 aromatic carbocycles. The first kappa shape index (κ1) is 15.5. The van der Waals surface area contributed by atoms with Crippen LogP contribution in [0.4, 0.5) is 4.79 Å². The minimum Gasteiger partial charge on any atom is -0.429 e. The molecule has 0 aromatic rings. The van der Waals surface area contributed by atoms with Gasteiger partial charge in [0.15, 0.2) is 5.78 Å². The van der Waals surface area contributed by atoms with E-state index < -0.39 is 24.0 Å². The maximum Gasteiger partial charge on any atom is 0.550 e. The monoisotopic (exact) mass is 286 g/mol. The normalized spacial score (nSPS) is 13.1. The number of allylic oxidation sites excluding steroid dienone is 2. The van der Waals surface area contributed by atoms with E-state index >= 15 is 0 Å². The maximum absolute atomic E-state index is 11.6. The smallest absolute Gasteiger partial charge is 0.429 e. The zero-order valence-corrected chi connectivity index (χ0v) is 11.4. The van der Waals surface area contributed by atoms with Crippen LogP contribution in [-0.2, 0) is 33.9 Å². The SMILES string of the molecule is CC(C(=O)/C=C(\C)C(=O)OOC(=O)OC(C)C)=C1OO1. The molecule has 1 fully saturated rings. The van der Waals surface area contributed by atoms with Crippen molar-refractivity contribution >= 4 is 17.9 Å². The molecule has 0 unspecified atom stereocenters.